The Labute approximate surface area is 212 Å². The van der Waals surface area contributed by atoms with Crippen LogP contribution in [0.5, 0.6) is 5.75 Å². The van der Waals surface area contributed by atoms with Gasteiger partial charge in [0.1, 0.15) is 12.4 Å². The smallest absolute Gasteiger partial charge is 0.410 e. The number of carbonyl (C=O) groups is 2. The first kappa shape index (κ1) is 25.6. The molecule has 4 rings (SSSR count). The zero-order chi connectivity index (χ0) is 26.4. The van der Waals surface area contributed by atoms with E-state index in [2.05, 4.69) is 0 Å². The lowest BCUT2D eigenvalue weighted by Gasteiger charge is -2.37. The van der Waals surface area contributed by atoms with Gasteiger partial charge in [-0.3, -0.25) is 4.90 Å². The van der Waals surface area contributed by atoms with Gasteiger partial charge in [-0.25, -0.2) is 18.4 Å². The lowest BCUT2D eigenvalue weighted by molar-refractivity contribution is -0.145. The highest BCUT2D eigenvalue weighted by Gasteiger charge is 2.37. The Bertz CT molecular complexity index is 1340. The number of rotatable bonds is 7. The third-order valence-corrected chi connectivity index (χ3v) is 5.97. The first-order chi connectivity index (χ1) is 17.9. The van der Waals surface area contributed by atoms with Crippen LogP contribution in [0, 0.1) is 23.0 Å². The van der Waals surface area contributed by atoms with E-state index in [0.29, 0.717) is 11.1 Å². The number of esters is 1. The van der Waals surface area contributed by atoms with Gasteiger partial charge >= 0.3 is 12.1 Å². The summed E-state index contributed by atoms with van der Waals surface area (Å²) in [7, 11) is 0. The fourth-order valence-corrected chi connectivity index (χ4v) is 4.28. The van der Waals surface area contributed by atoms with Crippen molar-refractivity contribution < 1.29 is 32.6 Å². The molecule has 9 heteroatoms. The van der Waals surface area contributed by atoms with Crippen molar-refractivity contribution in [3.63, 3.8) is 0 Å². The van der Waals surface area contributed by atoms with Gasteiger partial charge in [-0.2, -0.15) is 5.26 Å². The van der Waals surface area contributed by atoms with Gasteiger partial charge in [-0.15, -0.1) is 0 Å². The fourth-order valence-electron chi connectivity index (χ4n) is 4.28. The van der Waals surface area contributed by atoms with Crippen LogP contribution in [-0.2, 0) is 27.3 Å². The standard InChI is InChI=1S/C28H24F2N2O5/c1-2-35-25(33)17-36-24-11-8-19(15-31)14-22(24)27-21-9-10-23(29)26(30)20(21)12-13-32(27)28(34)37-16-18-6-4-3-5-7-18/h3-11,14,27H,2,12-13,16-17H2,1H3. The second kappa shape index (κ2) is 11.5. The van der Waals surface area contributed by atoms with Crippen molar-refractivity contribution in [1.82, 2.24) is 4.90 Å². The summed E-state index contributed by atoms with van der Waals surface area (Å²) in [6.07, 6.45) is -0.616. The lowest BCUT2D eigenvalue weighted by atomic mass is 9.87. The molecule has 0 saturated heterocycles. The summed E-state index contributed by atoms with van der Waals surface area (Å²) in [6.45, 7) is 1.46. The van der Waals surface area contributed by atoms with Crippen molar-refractivity contribution in [2.75, 3.05) is 19.8 Å². The number of ether oxygens (including phenoxy) is 3. The van der Waals surface area contributed by atoms with Gasteiger partial charge < -0.3 is 14.2 Å². The molecule has 37 heavy (non-hydrogen) atoms. The number of carbonyl (C=O) groups excluding carboxylic acids is 2. The van der Waals surface area contributed by atoms with Gasteiger partial charge in [0.25, 0.3) is 0 Å². The Balaban J connectivity index is 1.75. The fraction of sp³-hybridized carbons (Fsp3) is 0.250. The highest BCUT2D eigenvalue weighted by atomic mass is 19.2. The Morgan fingerprint density at radius 1 is 1.05 bits per heavy atom. The normalized spacial score (nSPS) is 14.3. The van der Waals surface area contributed by atoms with E-state index in [1.54, 1.807) is 6.92 Å². The van der Waals surface area contributed by atoms with Crippen LogP contribution in [0.3, 0.4) is 0 Å². The number of nitrogens with zero attached hydrogens (tertiary/aromatic N) is 2. The molecule has 3 aromatic carbocycles. The van der Waals surface area contributed by atoms with Crippen molar-refractivity contribution >= 4 is 12.1 Å². The summed E-state index contributed by atoms with van der Waals surface area (Å²) in [5.41, 5.74) is 1.81. The van der Waals surface area contributed by atoms with Crippen molar-refractivity contribution in [2.24, 2.45) is 0 Å². The lowest BCUT2D eigenvalue weighted by Crippen LogP contribution is -2.41. The second-order valence-electron chi connectivity index (χ2n) is 8.27. The average molecular weight is 507 g/mol. The number of hydrogen-bond donors (Lipinski definition) is 0. The molecule has 1 aliphatic heterocycles. The van der Waals surface area contributed by atoms with Crippen LogP contribution in [0.4, 0.5) is 13.6 Å². The zero-order valence-electron chi connectivity index (χ0n) is 20.1. The Morgan fingerprint density at radius 2 is 1.84 bits per heavy atom. The maximum Gasteiger partial charge on any atom is 0.410 e. The van der Waals surface area contributed by atoms with E-state index >= 15 is 0 Å². The van der Waals surface area contributed by atoms with Gasteiger partial charge in [-0.05, 0) is 54.3 Å². The summed E-state index contributed by atoms with van der Waals surface area (Å²) in [5.74, 6) is -2.41. The molecule has 0 N–H and O–H groups in total. The monoisotopic (exact) mass is 506 g/mol. The molecule has 1 atom stereocenters. The maximum atomic E-state index is 14.8. The van der Waals surface area contributed by atoms with Crippen LogP contribution in [0.1, 0.15) is 40.8 Å². The first-order valence-corrected chi connectivity index (χ1v) is 11.7. The number of fused-ring (bicyclic) bond motifs is 1. The predicted molar refractivity (Wildman–Crippen MR) is 129 cm³/mol. The summed E-state index contributed by atoms with van der Waals surface area (Å²) in [5, 5.41) is 9.52. The second-order valence-corrected chi connectivity index (χ2v) is 8.27. The van der Waals surface area contributed by atoms with E-state index < -0.39 is 36.3 Å². The van der Waals surface area contributed by atoms with Crippen LogP contribution < -0.4 is 4.74 Å². The van der Waals surface area contributed by atoms with E-state index in [4.69, 9.17) is 14.2 Å². The Kier molecular flexibility index (Phi) is 7.98. The SMILES string of the molecule is CCOC(=O)COc1ccc(C#N)cc1C1c2ccc(F)c(F)c2CCN1C(=O)OCc1ccccc1. The maximum absolute atomic E-state index is 14.8. The minimum atomic E-state index is -0.998. The average Bonchev–Trinajstić information content (AvgIpc) is 2.92. The van der Waals surface area contributed by atoms with Crippen LogP contribution in [0.2, 0.25) is 0 Å². The van der Waals surface area contributed by atoms with E-state index in [0.717, 1.165) is 11.6 Å². The van der Waals surface area contributed by atoms with Gasteiger partial charge in [0.05, 0.1) is 24.3 Å². The molecular formula is C28H24F2N2O5. The van der Waals surface area contributed by atoms with E-state index in [9.17, 15) is 23.6 Å². The molecule has 190 valence electrons. The van der Waals surface area contributed by atoms with Crippen LogP contribution in [0.15, 0.2) is 60.7 Å². The number of benzene rings is 3. The summed E-state index contributed by atoms with van der Waals surface area (Å²) < 4.78 is 45.1. The number of hydrogen-bond acceptors (Lipinski definition) is 6. The minimum absolute atomic E-state index is 0.0119. The van der Waals surface area contributed by atoms with Crippen LogP contribution >= 0.6 is 0 Å². The summed E-state index contributed by atoms with van der Waals surface area (Å²) in [4.78, 5) is 26.6. The molecule has 1 aliphatic rings. The highest BCUT2D eigenvalue weighted by molar-refractivity contribution is 5.72. The van der Waals surface area contributed by atoms with Gasteiger partial charge in [-0.1, -0.05) is 36.4 Å². The van der Waals surface area contributed by atoms with Gasteiger partial charge in [0.15, 0.2) is 18.2 Å². The van der Waals surface area contributed by atoms with Gasteiger partial charge in [0.2, 0.25) is 0 Å². The molecule has 1 unspecified atom stereocenters. The molecule has 1 heterocycles. The number of nitriles is 1. The van der Waals surface area contributed by atoms with E-state index in [1.165, 1.54) is 29.2 Å². The molecule has 0 aliphatic carbocycles. The van der Waals surface area contributed by atoms with Gasteiger partial charge in [0, 0.05) is 12.1 Å². The van der Waals surface area contributed by atoms with E-state index in [1.807, 2.05) is 36.4 Å². The molecule has 7 nitrogen and oxygen atoms in total. The molecule has 0 saturated carbocycles. The van der Waals surface area contributed by atoms with Crippen molar-refractivity contribution in [1.29, 1.82) is 5.26 Å². The predicted octanol–water partition coefficient (Wildman–Crippen LogP) is 5.06. The highest BCUT2D eigenvalue weighted by Crippen LogP contribution is 2.41. The van der Waals surface area contributed by atoms with Crippen LogP contribution in [0.25, 0.3) is 0 Å². The molecule has 0 bridgehead atoms. The quantitative estimate of drug-likeness (QED) is 0.416. The largest absolute Gasteiger partial charge is 0.482 e. The molecule has 3 aromatic rings. The molecule has 0 spiro atoms. The van der Waals surface area contributed by atoms with Crippen LogP contribution in [-0.4, -0.2) is 36.7 Å². The first-order valence-electron chi connectivity index (χ1n) is 11.7. The molecule has 0 aromatic heterocycles. The van der Waals surface area contributed by atoms with Crippen molar-refractivity contribution in [2.45, 2.75) is 26.0 Å². The topological polar surface area (TPSA) is 88.9 Å². The van der Waals surface area contributed by atoms with E-state index in [-0.39, 0.29) is 43.1 Å². The summed E-state index contributed by atoms with van der Waals surface area (Å²) in [6, 6.07) is 17.1. The molecule has 0 fully saturated rings. The van der Waals surface area contributed by atoms with Crippen molar-refractivity contribution in [3.05, 3.63) is 100 Å². The molecule has 0 radical (unpaired) electrons. The minimum Gasteiger partial charge on any atom is -0.482 e. The Hall–Kier alpha value is -4.45. The van der Waals surface area contributed by atoms with Crippen molar-refractivity contribution in [3.8, 4) is 11.8 Å². The molecule has 1 amide bonds. The third kappa shape index (κ3) is 5.70. The number of halogens is 2. The Morgan fingerprint density at radius 3 is 2.57 bits per heavy atom. The zero-order valence-corrected chi connectivity index (χ0v) is 20.1. The third-order valence-electron chi connectivity index (χ3n) is 5.97. The summed E-state index contributed by atoms with van der Waals surface area (Å²) >= 11 is 0. The number of amides is 1. The molecular weight excluding hydrogens is 482 g/mol.